The Labute approximate surface area is 202 Å². The summed E-state index contributed by atoms with van der Waals surface area (Å²) in [6.45, 7) is 9.13. The van der Waals surface area contributed by atoms with Crippen LogP contribution in [0.3, 0.4) is 0 Å². The molecule has 0 spiro atoms. The van der Waals surface area contributed by atoms with Crippen LogP contribution in [0.15, 0.2) is 79.0 Å². The zero-order valence-corrected chi connectivity index (χ0v) is 20.3. The van der Waals surface area contributed by atoms with Gasteiger partial charge in [-0.3, -0.25) is 9.69 Å². The summed E-state index contributed by atoms with van der Waals surface area (Å²) < 4.78 is 0. The van der Waals surface area contributed by atoms with Crippen molar-refractivity contribution in [2.24, 2.45) is 0 Å². The maximum atomic E-state index is 13.1. The number of anilines is 1. The molecule has 0 radical (unpaired) electrons. The van der Waals surface area contributed by atoms with Crippen molar-refractivity contribution in [3.63, 3.8) is 0 Å². The topological polar surface area (TPSA) is 48.1 Å². The number of rotatable bonds is 4. The third-order valence-corrected chi connectivity index (χ3v) is 7.09. The molecule has 5 rings (SSSR count). The fourth-order valence-electron chi connectivity index (χ4n) is 5.09. The van der Waals surface area contributed by atoms with Crippen molar-refractivity contribution in [3.05, 3.63) is 90.1 Å². The second kappa shape index (κ2) is 9.11. The Bertz CT molecular complexity index is 1290. The molecule has 4 heteroatoms. The third kappa shape index (κ3) is 4.64. The number of benzene rings is 3. The summed E-state index contributed by atoms with van der Waals surface area (Å²) in [6, 6.07) is 24.1. The highest BCUT2D eigenvalue weighted by Crippen LogP contribution is 2.36. The zero-order chi connectivity index (χ0) is 23.7. The first-order valence-corrected chi connectivity index (χ1v) is 12.2. The number of aromatic amines is 1. The number of fused-ring (bicyclic) bond motifs is 1. The van der Waals surface area contributed by atoms with Gasteiger partial charge in [0.05, 0.1) is 0 Å². The Hall–Kier alpha value is -3.37. The molecule has 1 aromatic heterocycles. The van der Waals surface area contributed by atoms with Crippen LogP contribution in [0, 0.1) is 0 Å². The summed E-state index contributed by atoms with van der Waals surface area (Å²) in [6.07, 6.45) is 4.48. The van der Waals surface area contributed by atoms with E-state index >= 15 is 0 Å². The number of nitrogens with one attached hydrogen (secondary N) is 2. The van der Waals surface area contributed by atoms with E-state index in [1.54, 1.807) is 0 Å². The predicted molar refractivity (Wildman–Crippen MR) is 141 cm³/mol. The minimum atomic E-state index is -0.0901. The Morgan fingerprint density at radius 1 is 0.912 bits per heavy atom. The van der Waals surface area contributed by atoms with Crippen LogP contribution in [0.2, 0.25) is 0 Å². The molecule has 2 heterocycles. The Kier molecular flexibility index (Phi) is 6.01. The van der Waals surface area contributed by atoms with Gasteiger partial charge in [-0.05, 0) is 99.6 Å². The molecule has 174 valence electrons. The van der Waals surface area contributed by atoms with Gasteiger partial charge in [-0.2, -0.15) is 0 Å². The largest absolute Gasteiger partial charge is 0.361 e. The van der Waals surface area contributed by atoms with Gasteiger partial charge < -0.3 is 10.3 Å². The van der Waals surface area contributed by atoms with E-state index in [-0.39, 0.29) is 11.4 Å². The zero-order valence-electron chi connectivity index (χ0n) is 20.3. The van der Waals surface area contributed by atoms with Gasteiger partial charge in [-0.1, -0.05) is 42.5 Å². The molecule has 34 heavy (non-hydrogen) atoms. The van der Waals surface area contributed by atoms with Gasteiger partial charge in [-0.15, -0.1) is 0 Å². The normalized spacial score (nSPS) is 15.5. The quantitative estimate of drug-likeness (QED) is 0.349. The van der Waals surface area contributed by atoms with Gasteiger partial charge >= 0.3 is 0 Å². The van der Waals surface area contributed by atoms with Crippen molar-refractivity contribution < 1.29 is 4.79 Å². The number of aromatic nitrogens is 1. The highest BCUT2D eigenvalue weighted by Gasteiger charge is 2.28. The maximum Gasteiger partial charge on any atom is 0.255 e. The van der Waals surface area contributed by atoms with E-state index in [0.29, 0.717) is 11.5 Å². The highest BCUT2D eigenvalue weighted by molar-refractivity contribution is 6.06. The first-order valence-electron chi connectivity index (χ1n) is 12.2. The fraction of sp³-hybridized carbons (Fsp3) is 0.300. The van der Waals surface area contributed by atoms with Crippen molar-refractivity contribution in [3.8, 4) is 11.1 Å². The average Bonchev–Trinajstić information content (AvgIpc) is 3.27. The van der Waals surface area contributed by atoms with Crippen LogP contribution in [0.4, 0.5) is 5.69 Å². The first-order chi connectivity index (χ1) is 16.4. The molecule has 1 fully saturated rings. The standard InChI is InChI=1S/C30H33N3O/c1-30(2,3)33-16-14-22(15-17-33)27-20-31-28-13-12-25(19-26(27)28)32-29(34)24-11-7-10-23(18-24)21-8-5-4-6-9-21/h4-13,18-20,22,31H,14-17H2,1-3H3,(H,32,34). The molecule has 1 amide bonds. The van der Waals surface area contributed by atoms with Crippen molar-refractivity contribution in [2.75, 3.05) is 18.4 Å². The van der Waals surface area contributed by atoms with E-state index in [1.165, 1.54) is 10.9 Å². The minimum Gasteiger partial charge on any atom is -0.361 e. The van der Waals surface area contributed by atoms with Crippen molar-refractivity contribution in [1.82, 2.24) is 9.88 Å². The molecule has 0 unspecified atom stereocenters. The molecule has 1 saturated heterocycles. The summed E-state index contributed by atoms with van der Waals surface area (Å²) in [5, 5.41) is 4.33. The summed E-state index contributed by atoms with van der Waals surface area (Å²) in [5.74, 6) is 0.452. The van der Waals surface area contributed by atoms with Crippen molar-refractivity contribution in [2.45, 2.75) is 45.1 Å². The van der Waals surface area contributed by atoms with Crippen molar-refractivity contribution in [1.29, 1.82) is 0 Å². The van der Waals surface area contributed by atoms with Gasteiger partial charge in [-0.25, -0.2) is 0 Å². The lowest BCUT2D eigenvalue weighted by Gasteiger charge is -2.40. The van der Waals surface area contributed by atoms with Crippen LogP contribution in [0.5, 0.6) is 0 Å². The number of hydrogen-bond donors (Lipinski definition) is 2. The number of piperidine rings is 1. The summed E-state index contributed by atoms with van der Waals surface area (Å²) in [7, 11) is 0. The molecule has 2 N–H and O–H groups in total. The predicted octanol–water partition coefficient (Wildman–Crippen LogP) is 7.07. The molecule has 0 saturated carbocycles. The highest BCUT2D eigenvalue weighted by atomic mass is 16.1. The molecule has 0 aliphatic carbocycles. The van der Waals surface area contributed by atoms with Crippen LogP contribution in [0.25, 0.3) is 22.0 Å². The smallest absolute Gasteiger partial charge is 0.255 e. The van der Waals surface area contributed by atoms with Gasteiger partial charge in [0, 0.05) is 33.9 Å². The number of H-pyrrole nitrogens is 1. The van der Waals surface area contributed by atoms with Crippen LogP contribution in [-0.4, -0.2) is 34.4 Å². The lowest BCUT2D eigenvalue weighted by Crippen LogP contribution is -2.45. The second-order valence-corrected chi connectivity index (χ2v) is 10.3. The summed E-state index contributed by atoms with van der Waals surface area (Å²) in [5.41, 5.74) is 6.34. The molecular weight excluding hydrogens is 418 g/mol. The van der Waals surface area contributed by atoms with E-state index in [0.717, 1.165) is 48.3 Å². The van der Waals surface area contributed by atoms with Gasteiger partial charge in [0.25, 0.3) is 5.91 Å². The number of amides is 1. The van der Waals surface area contributed by atoms with Crippen LogP contribution < -0.4 is 5.32 Å². The summed E-state index contributed by atoms with van der Waals surface area (Å²) >= 11 is 0. The monoisotopic (exact) mass is 451 g/mol. The van der Waals surface area contributed by atoms with E-state index in [4.69, 9.17) is 0 Å². The maximum absolute atomic E-state index is 13.1. The molecule has 0 atom stereocenters. The van der Waals surface area contributed by atoms with Crippen molar-refractivity contribution >= 4 is 22.5 Å². The molecule has 4 aromatic rings. The van der Waals surface area contributed by atoms with E-state index in [1.807, 2.05) is 48.5 Å². The van der Waals surface area contributed by atoms with Gasteiger partial charge in [0.1, 0.15) is 0 Å². The lowest BCUT2D eigenvalue weighted by molar-refractivity contribution is 0.102. The Balaban J connectivity index is 1.34. The minimum absolute atomic E-state index is 0.0901. The summed E-state index contributed by atoms with van der Waals surface area (Å²) in [4.78, 5) is 19.1. The second-order valence-electron chi connectivity index (χ2n) is 10.3. The fourth-order valence-corrected chi connectivity index (χ4v) is 5.09. The Morgan fingerprint density at radius 2 is 1.65 bits per heavy atom. The van der Waals surface area contributed by atoms with Crippen LogP contribution in [-0.2, 0) is 0 Å². The van der Waals surface area contributed by atoms with Crippen LogP contribution in [0.1, 0.15) is 55.5 Å². The lowest BCUT2D eigenvalue weighted by atomic mass is 9.87. The van der Waals surface area contributed by atoms with E-state index < -0.39 is 0 Å². The SMILES string of the molecule is CC(C)(C)N1CCC(c2c[nH]c3ccc(NC(=O)c4cccc(-c5ccccc5)c4)cc23)CC1. The third-order valence-electron chi connectivity index (χ3n) is 7.09. The molecule has 3 aromatic carbocycles. The Morgan fingerprint density at radius 3 is 2.38 bits per heavy atom. The number of likely N-dealkylation sites (tertiary alicyclic amines) is 1. The number of carbonyl (C=O) groups excluding carboxylic acids is 1. The van der Waals surface area contributed by atoms with Gasteiger partial charge in [0.15, 0.2) is 0 Å². The molecule has 1 aliphatic heterocycles. The molecule has 4 nitrogen and oxygen atoms in total. The molecule has 0 bridgehead atoms. The van der Waals surface area contributed by atoms with Crippen LogP contribution >= 0.6 is 0 Å². The number of hydrogen-bond acceptors (Lipinski definition) is 2. The first kappa shape index (κ1) is 22.4. The number of nitrogens with zero attached hydrogens (tertiary/aromatic N) is 1. The number of carbonyl (C=O) groups is 1. The molecular formula is C30H33N3O. The van der Waals surface area contributed by atoms with E-state index in [2.05, 4.69) is 66.4 Å². The van der Waals surface area contributed by atoms with Gasteiger partial charge in [0.2, 0.25) is 0 Å². The molecule has 1 aliphatic rings. The average molecular weight is 452 g/mol. The van der Waals surface area contributed by atoms with E-state index in [9.17, 15) is 4.79 Å².